The zero-order valence-electron chi connectivity index (χ0n) is 22.1. The lowest BCUT2D eigenvalue weighted by atomic mass is 10.1. The summed E-state index contributed by atoms with van der Waals surface area (Å²) >= 11 is 0. The molecule has 1 N–H and O–H groups in total. The standard InChI is InChI=1S/C30H31F3N4O2/c1-4-37(5-2)18-19-38-25-16-10-24(11-17-25)35-29-34-21(3)20-28(36-29)22-6-12-26(13-7-22)39-27-14-8-23(9-15-27)30(31,32)33/h6-17,20H,4-5,18-19H2,1-3H3,(H,34,35,36). The number of hydrogen-bond acceptors (Lipinski definition) is 6. The molecule has 0 unspecified atom stereocenters. The van der Waals surface area contributed by atoms with Crippen LogP contribution in [-0.2, 0) is 6.18 Å². The van der Waals surface area contributed by atoms with Gasteiger partial charge in [0.25, 0.3) is 0 Å². The monoisotopic (exact) mass is 536 g/mol. The average molecular weight is 537 g/mol. The zero-order chi connectivity index (χ0) is 27.8. The zero-order valence-corrected chi connectivity index (χ0v) is 22.1. The number of anilines is 2. The third-order valence-electron chi connectivity index (χ3n) is 6.10. The highest BCUT2D eigenvalue weighted by atomic mass is 19.4. The molecule has 9 heteroatoms. The molecule has 0 radical (unpaired) electrons. The van der Waals surface area contributed by atoms with Gasteiger partial charge in [0.2, 0.25) is 5.95 Å². The molecule has 0 atom stereocenters. The Bertz CT molecular complexity index is 1340. The number of aromatic nitrogens is 2. The lowest BCUT2D eigenvalue weighted by molar-refractivity contribution is -0.137. The summed E-state index contributed by atoms with van der Waals surface area (Å²) in [7, 11) is 0. The van der Waals surface area contributed by atoms with Crippen LogP contribution < -0.4 is 14.8 Å². The summed E-state index contributed by atoms with van der Waals surface area (Å²) in [5, 5.41) is 3.24. The topological polar surface area (TPSA) is 59.5 Å². The van der Waals surface area contributed by atoms with Gasteiger partial charge in [-0.3, -0.25) is 0 Å². The molecular formula is C30H31F3N4O2. The molecule has 0 saturated heterocycles. The summed E-state index contributed by atoms with van der Waals surface area (Å²) in [6.45, 7) is 9.69. The third-order valence-corrected chi connectivity index (χ3v) is 6.10. The molecule has 4 aromatic rings. The molecule has 0 bridgehead atoms. The maximum atomic E-state index is 12.8. The molecule has 3 aromatic carbocycles. The lowest BCUT2D eigenvalue weighted by Crippen LogP contribution is -2.27. The van der Waals surface area contributed by atoms with Crippen molar-refractivity contribution in [2.24, 2.45) is 0 Å². The Morgan fingerprint density at radius 1 is 0.795 bits per heavy atom. The lowest BCUT2D eigenvalue weighted by Gasteiger charge is -2.18. The second-order valence-electron chi connectivity index (χ2n) is 8.89. The predicted octanol–water partition coefficient (Wildman–Crippen LogP) is 7.73. The number of rotatable bonds is 11. The number of hydrogen-bond donors (Lipinski definition) is 1. The van der Waals surface area contributed by atoms with Crippen LogP contribution in [0.3, 0.4) is 0 Å². The second kappa shape index (κ2) is 12.6. The van der Waals surface area contributed by atoms with E-state index >= 15 is 0 Å². The number of aryl methyl sites for hydroxylation is 1. The summed E-state index contributed by atoms with van der Waals surface area (Å²) in [4.78, 5) is 11.5. The van der Waals surface area contributed by atoms with E-state index in [1.54, 1.807) is 12.1 Å². The summed E-state index contributed by atoms with van der Waals surface area (Å²) < 4.78 is 49.9. The molecule has 0 spiro atoms. The van der Waals surface area contributed by atoms with E-state index in [9.17, 15) is 13.2 Å². The van der Waals surface area contributed by atoms with E-state index in [-0.39, 0.29) is 0 Å². The first-order valence-corrected chi connectivity index (χ1v) is 12.8. The van der Waals surface area contributed by atoms with Crippen LogP contribution in [0.2, 0.25) is 0 Å². The molecule has 4 rings (SSSR count). The van der Waals surface area contributed by atoms with Crippen molar-refractivity contribution in [3.05, 3.63) is 90.1 Å². The number of alkyl halides is 3. The average Bonchev–Trinajstić information content (AvgIpc) is 2.92. The molecule has 39 heavy (non-hydrogen) atoms. The van der Waals surface area contributed by atoms with Gasteiger partial charge in [0.1, 0.15) is 23.9 Å². The van der Waals surface area contributed by atoms with Crippen molar-refractivity contribution in [3.8, 4) is 28.5 Å². The van der Waals surface area contributed by atoms with Gasteiger partial charge in [-0.2, -0.15) is 13.2 Å². The fourth-order valence-corrected chi connectivity index (χ4v) is 3.91. The van der Waals surface area contributed by atoms with Crippen LogP contribution in [0.25, 0.3) is 11.3 Å². The number of halogens is 3. The highest BCUT2D eigenvalue weighted by Gasteiger charge is 2.30. The summed E-state index contributed by atoms with van der Waals surface area (Å²) in [6, 6.07) is 21.3. The van der Waals surface area contributed by atoms with Crippen molar-refractivity contribution in [3.63, 3.8) is 0 Å². The number of benzene rings is 3. The summed E-state index contributed by atoms with van der Waals surface area (Å²) in [6.07, 6.45) is -4.38. The molecule has 0 aliphatic heterocycles. The predicted molar refractivity (Wildman–Crippen MR) is 147 cm³/mol. The van der Waals surface area contributed by atoms with Gasteiger partial charge in [-0.1, -0.05) is 13.8 Å². The largest absolute Gasteiger partial charge is 0.492 e. The molecule has 0 saturated carbocycles. The molecule has 0 aliphatic rings. The highest BCUT2D eigenvalue weighted by molar-refractivity contribution is 5.64. The Morgan fingerprint density at radius 2 is 1.38 bits per heavy atom. The van der Waals surface area contributed by atoms with Gasteiger partial charge in [-0.15, -0.1) is 0 Å². The van der Waals surface area contributed by atoms with Crippen LogP contribution in [-0.4, -0.2) is 41.1 Å². The molecular weight excluding hydrogens is 505 g/mol. The van der Waals surface area contributed by atoms with Crippen LogP contribution in [0.4, 0.5) is 24.8 Å². The van der Waals surface area contributed by atoms with E-state index in [2.05, 4.69) is 34.0 Å². The van der Waals surface area contributed by atoms with Gasteiger partial charge in [-0.05, 0) is 98.9 Å². The first-order valence-electron chi connectivity index (χ1n) is 12.8. The van der Waals surface area contributed by atoms with Crippen LogP contribution in [0.5, 0.6) is 17.2 Å². The van der Waals surface area contributed by atoms with Gasteiger partial charge in [0.05, 0.1) is 11.3 Å². The van der Waals surface area contributed by atoms with E-state index in [0.29, 0.717) is 24.1 Å². The Labute approximate surface area is 226 Å². The summed E-state index contributed by atoms with van der Waals surface area (Å²) in [5.41, 5.74) is 2.48. The van der Waals surface area contributed by atoms with E-state index in [1.807, 2.05) is 49.4 Å². The minimum Gasteiger partial charge on any atom is -0.492 e. The van der Waals surface area contributed by atoms with Crippen molar-refractivity contribution in [1.82, 2.24) is 14.9 Å². The minimum atomic E-state index is -4.38. The minimum absolute atomic E-state index is 0.320. The quantitative estimate of drug-likeness (QED) is 0.212. The Morgan fingerprint density at radius 3 is 1.97 bits per heavy atom. The van der Waals surface area contributed by atoms with Crippen LogP contribution >= 0.6 is 0 Å². The van der Waals surface area contributed by atoms with Gasteiger partial charge in [-0.25, -0.2) is 9.97 Å². The SMILES string of the molecule is CCN(CC)CCOc1ccc(Nc2nc(C)cc(-c3ccc(Oc4ccc(C(F)(F)F)cc4)cc3)n2)cc1. The smallest absolute Gasteiger partial charge is 0.416 e. The van der Waals surface area contributed by atoms with Gasteiger partial charge in [0, 0.05) is 23.5 Å². The van der Waals surface area contributed by atoms with Crippen molar-refractivity contribution < 1.29 is 22.6 Å². The summed E-state index contributed by atoms with van der Waals surface area (Å²) in [5.74, 6) is 2.09. The first-order chi connectivity index (χ1) is 18.7. The maximum Gasteiger partial charge on any atom is 0.416 e. The highest BCUT2D eigenvalue weighted by Crippen LogP contribution is 2.32. The Balaban J connectivity index is 1.38. The van der Waals surface area contributed by atoms with Crippen LogP contribution in [0.15, 0.2) is 78.9 Å². The van der Waals surface area contributed by atoms with Gasteiger partial charge < -0.3 is 19.7 Å². The number of nitrogens with zero attached hydrogens (tertiary/aromatic N) is 3. The van der Waals surface area contributed by atoms with Crippen molar-refractivity contribution in [2.45, 2.75) is 26.9 Å². The maximum absolute atomic E-state index is 12.8. The number of likely N-dealkylation sites (N-methyl/N-ethyl adjacent to an activating group) is 1. The van der Waals surface area contributed by atoms with Crippen molar-refractivity contribution in [1.29, 1.82) is 0 Å². The first kappa shape index (κ1) is 27.9. The van der Waals surface area contributed by atoms with E-state index < -0.39 is 11.7 Å². The number of ether oxygens (including phenoxy) is 2. The molecule has 204 valence electrons. The second-order valence-corrected chi connectivity index (χ2v) is 8.89. The Kier molecular flexibility index (Phi) is 9.03. The van der Waals surface area contributed by atoms with Gasteiger partial charge in [0.15, 0.2) is 0 Å². The van der Waals surface area contributed by atoms with E-state index in [1.165, 1.54) is 12.1 Å². The molecule has 0 aliphatic carbocycles. The molecule has 6 nitrogen and oxygen atoms in total. The molecule has 1 heterocycles. The molecule has 0 fully saturated rings. The van der Waals surface area contributed by atoms with E-state index in [4.69, 9.17) is 9.47 Å². The fourth-order valence-electron chi connectivity index (χ4n) is 3.91. The van der Waals surface area contributed by atoms with Crippen LogP contribution in [0.1, 0.15) is 25.1 Å². The molecule has 0 amide bonds. The van der Waals surface area contributed by atoms with Crippen molar-refractivity contribution >= 4 is 11.6 Å². The molecule has 1 aromatic heterocycles. The number of nitrogens with one attached hydrogen (secondary N) is 1. The van der Waals surface area contributed by atoms with Gasteiger partial charge >= 0.3 is 6.18 Å². The third kappa shape index (κ3) is 7.94. The van der Waals surface area contributed by atoms with Crippen molar-refractivity contribution in [2.75, 3.05) is 31.6 Å². The fraction of sp³-hybridized carbons (Fsp3) is 0.267. The van der Waals surface area contributed by atoms with E-state index in [0.717, 1.165) is 60.2 Å². The Hall–Kier alpha value is -4.11. The normalized spacial score (nSPS) is 11.5. The van der Waals surface area contributed by atoms with Crippen LogP contribution in [0, 0.1) is 6.92 Å².